The molecule has 0 aliphatic rings. The fourth-order valence-corrected chi connectivity index (χ4v) is 2.33. The average molecular weight is 279 g/mol. The molecular formula is C17H17N3O. The van der Waals surface area contributed by atoms with Crippen molar-refractivity contribution in [3.63, 3.8) is 0 Å². The fourth-order valence-electron chi connectivity index (χ4n) is 2.33. The van der Waals surface area contributed by atoms with Crippen LogP contribution in [0.1, 0.15) is 30.8 Å². The molecule has 21 heavy (non-hydrogen) atoms. The third kappa shape index (κ3) is 2.79. The van der Waals surface area contributed by atoms with Crippen molar-refractivity contribution in [2.24, 2.45) is 0 Å². The lowest BCUT2D eigenvalue weighted by Crippen LogP contribution is -2.29. The molecule has 4 heteroatoms. The van der Waals surface area contributed by atoms with Crippen molar-refractivity contribution in [1.82, 2.24) is 15.3 Å². The number of benzene rings is 2. The van der Waals surface area contributed by atoms with Gasteiger partial charge in [-0.1, -0.05) is 49.4 Å². The van der Waals surface area contributed by atoms with Gasteiger partial charge < -0.3 is 10.3 Å². The number of hydrogen-bond acceptors (Lipinski definition) is 2. The quantitative estimate of drug-likeness (QED) is 0.770. The number of aromatic nitrogens is 2. The Morgan fingerprint density at radius 2 is 1.86 bits per heavy atom. The number of carbonyl (C=O) groups is 1. The molecule has 0 aliphatic heterocycles. The molecule has 4 nitrogen and oxygen atoms in total. The van der Waals surface area contributed by atoms with Crippen LogP contribution in [0.2, 0.25) is 0 Å². The summed E-state index contributed by atoms with van der Waals surface area (Å²) in [6.07, 6.45) is 0.448. The molecular weight excluding hydrogens is 262 g/mol. The van der Waals surface area contributed by atoms with Gasteiger partial charge in [0.05, 0.1) is 11.0 Å². The number of nitrogens with zero attached hydrogens (tertiary/aromatic N) is 1. The highest BCUT2D eigenvalue weighted by molar-refractivity contribution is 5.78. The number of aromatic amines is 1. The molecule has 0 saturated carbocycles. The number of amides is 1. The second-order valence-corrected chi connectivity index (χ2v) is 4.90. The molecule has 1 atom stereocenters. The lowest BCUT2D eigenvalue weighted by Gasteiger charge is -2.16. The predicted octanol–water partition coefficient (Wildman–Crippen LogP) is 3.18. The highest BCUT2D eigenvalue weighted by Crippen LogP contribution is 2.22. The number of para-hydroxylation sites is 2. The molecule has 106 valence electrons. The SMILES string of the molecule is CCC(=O)N[C@H](c1ccccc1)c1nc2ccccc2[nH]1. The van der Waals surface area contributed by atoms with Gasteiger partial charge in [0.1, 0.15) is 11.9 Å². The van der Waals surface area contributed by atoms with Crippen LogP contribution in [0.25, 0.3) is 11.0 Å². The number of nitrogens with one attached hydrogen (secondary N) is 2. The van der Waals surface area contributed by atoms with Crippen molar-refractivity contribution in [3.05, 3.63) is 66.0 Å². The molecule has 2 N–H and O–H groups in total. The summed E-state index contributed by atoms with van der Waals surface area (Å²) in [5.74, 6) is 0.758. The Hall–Kier alpha value is -2.62. The number of hydrogen-bond donors (Lipinski definition) is 2. The van der Waals surface area contributed by atoms with Crippen LogP contribution in [0.3, 0.4) is 0 Å². The largest absolute Gasteiger partial charge is 0.342 e. The van der Waals surface area contributed by atoms with E-state index >= 15 is 0 Å². The first-order chi connectivity index (χ1) is 10.3. The second-order valence-electron chi connectivity index (χ2n) is 4.90. The Balaban J connectivity index is 2.03. The standard InChI is InChI=1S/C17H17N3O/c1-2-15(21)20-16(12-8-4-3-5-9-12)17-18-13-10-6-7-11-14(13)19-17/h3-11,16H,2H2,1H3,(H,18,19)(H,20,21)/t16-/m1/s1. The zero-order valence-corrected chi connectivity index (χ0v) is 11.8. The van der Waals surface area contributed by atoms with Crippen molar-refractivity contribution < 1.29 is 4.79 Å². The molecule has 0 radical (unpaired) electrons. The smallest absolute Gasteiger partial charge is 0.220 e. The van der Waals surface area contributed by atoms with E-state index in [0.29, 0.717) is 6.42 Å². The zero-order valence-electron chi connectivity index (χ0n) is 11.8. The highest BCUT2D eigenvalue weighted by atomic mass is 16.1. The van der Waals surface area contributed by atoms with E-state index in [-0.39, 0.29) is 11.9 Å². The van der Waals surface area contributed by atoms with Gasteiger partial charge in [0.2, 0.25) is 5.91 Å². The fraction of sp³-hybridized carbons (Fsp3) is 0.176. The number of H-pyrrole nitrogens is 1. The van der Waals surface area contributed by atoms with Crippen LogP contribution in [-0.2, 0) is 4.79 Å². The van der Waals surface area contributed by atoms with Crippen LogP contribution in [0.5, 0.6) is 0 Å². The molecule has 3 rings (SSSR count). The minimum Gasteiger partial charge on any atom is -0.342 e. The highest BCUT2D eigenvalue weighted by Gasteiger charge is 2.19. The maximum absolute atomic E-state index is 11.8. The summed E-state index contributed by atoms with van der Waals surface area (Å²) in [6.45, 7) is 1.84. The van der Waals surface area contributed by atoms with Gasteiger partial charge in [-0.05, 0) is 17.7 Å². The van der Waals surface area contributed by atoms with Crippen molar-refractivity contribution in [1.29, 1.82) is 0 Å². The maximum atomic E-state index is 11.8. The van der Waals surface area contributed by atoms with E-state index in [2.05, 4.69) is 15.3 Å². The summed E-state index contributed by atoms with van der Waals surface area (Å²) in [5, 5.41) is 3.03. The Kier molecular flexibility index (Phi) is 3.69. The second kappa shape index (κ2) is 5.79. The van der Waals surface area contributed by atoms with Crippen molar-refractivity contribution in [2.75, 3.05) is 0 Å². The van der Waals surface area contributed by atoms with Crippen LogP contribution in [0.15, 0.2) is 54.6 Å². The van der Waals surface area contributed by atoms with Gasteiger partial charge in [0.25, 0.3) is 0 Å². The van der Waals surface area contributed by atoms with Crippen LogP contribution < -0.4 is 5.32 Å². The summed E-state index contributed by atoms with van der Waals surface area (Å²) >= 11 is 0. The molecule has 0 unspecified atom stereocenters. The van der Waals surface area contributed by atoms with E-state index in [4.69, 9.17) is 0 Å². The number of imidazole rings is 1. The number of carbonyl (C=O) groups excluding carboxylic acids is 1. The predicted molar refractivity (Wildman–Crippen MR) is 82.8 cm³/mol. The summed E-state index contributed by atoms with van der Waals surface area (Å²) < 4.78 is 0. The lowest BCUT2D eigenvalue weighted by atomic mass is 10.1. The minimum atomic E-state index is -0.258. The third-order valence-corrected chi connectivity index (χ3v) is 3.44. The van der Waals surface area contributed by atoms with Crippen LogP contribution in [-0.4, -0.2) is 15.9 Å². The molecule has 0 saturated heterocycles. The topological polar surface area (TPSA) is 57.8 Å². The molecule has 2 aromatic carbocycles. The van der Waals surface area contributed by atoms with Gasteiger partial charge >= 0.3 is 0 Å². The van der Waals surface area contributed by atoms with Gasteiger partial charge in [-0.25, -0.2) is 4.98 Å². The van der Waals surface area contributed by atoms with Gasteiger partial charge in [-0.15, -0.1) is 0 Å². The maximum Gasteiger partial charge on any atom is 0.220 e. The zero-order chi connectivity index (χ0) is 14.7. The van der Waals surface area contributed by atoms with Crippen molar-refractivity contribution in [2.45, 2.75) is 19.4 Å². The Labute approximate surface area is 123 Å². The Bertz CT molecular complexity index is 716. The van der Waals surface area contributed by atoms with E-state index in [1.165, 1.54) is 0 Å². The van der Waals surface area contributed by atoms with E-state index in [1.807, 2.05) is 61.5 Å². The van der Waals surface area contributed by atoms with E-state index < -0.39 is 0 Å². The molecule has 0 spiro atoms. The van der Waals surface area contributed by atoms with Gasteiger partial charge in [-0.3, -0.25) is 4.79 Å². The van der Waals surface area contributed by atoms with Gasteiger partial charge in [-0.2, -0.15) is 0 Å². The van der Waals surface area contributed by atoms with E-state index in [9.17, 15) is 4.79 Å². The first kappa shape index (κ1) is 13.4. The molecule has 3 aromatic rings. The summed E-state index contributed by atoms with van der Waals surface area (Å²) in [7, 11) is 0. The first-order valence-corrected chi connectivity index (χ1v) is 7.07. The Morgan fingerprint density at radius 3 is 2.57 bits per heavy atom. The summed E-state index contributed by atoms with van der Waals surface area (Å²) in [4.78, 5) is 19.7. The van der Waals surface area contributed by atoms with Crippen LogP contribution in [0, 0.1) is 0 Å². The first-order valence-electron chi connectivity index (χ1n) is 7.07. The average Bonchev–Trinajstić information content (AvgIpc) is 2.96. The molecule has 1 amide bonds. The Morgan fingerprint density at radius 1 is 1.14 bits per heavy atom. The summed E-state index contributed by atoms with van der Waals surface area (Å²) in [6, 6.07) is 17.5. The lowest BCUT2D eigenvalue weighted by molar-refractivity contribution is -0.121. The number of rotatable bonds is 4. The van der Waals surface area contributed by atoms with Crippen molar-refractivity contribution in [3.8, 4) is 0 Å². The van der Waals surface area contributed by atoms with Crippen molar-refractivity contribution >= 4 is 16.9 Å². The number of fused-ring (bicyclic) bond motifs is 1. The summed E-state index contributed by atoms with van der Waals surface area (Å²) in [5.41, 5.74) is 2.89. The van der Waals surface area contributed by atoms with E-state index in [1.54, 1.807) is 0 Å². The van der Waals surface area contributed by atoms with Gasteiger partial charge in [0, 0.05) is 6.42 Å². The molecule has 0 bridgehead atoms. The molecule has 0 fully saturated rings. The van der Waals surface area contributed by atoms with Crippen LogP contribution in [0.4, 0.5) is 0 Å². The van der Waals surface area contributed by atoms with Crippen LogP contribution >= 0.6 is 0 Å². The normalized spacial score (nSPS) is 12.2. The third-order valence-electron chi connectivity index (χ3n) is 3.44. The van der Waals surface area contributed by atoms with Gasteiger partial charge in [0.15, 0.2) is 0 Å². The molecule has 1 heterocycles. The van der Waals surface area contributed by atoms with E-state index in [0.717, 1.165) is 22.4 Å². The molecule has 0 aliphatic carbocycles. The molecule has 1 aromatic heterocycles. The monoisotopic (exact) mass is 279 g/mol. The minimum absolute atomic E-state index is 0.00399.